The van der Waals surface area contributed by atoms with E-state index in [9.17, 15) is 4.79 Å². The lowest BCUT2D eigenvalue weighted by Crippen LogP contribution is -2.47. The molecule has 7 heteroatoms. The Hall–Kier alpha value is -1.57. The van der Waals surface area contributed by atoms with Crippen molar-refractivity contribution in [3.05, 3.63) is 44.8 Å². The average Bonchev–Trinajstić information content (AvgIpc) is 3.35. The zero-order valence-corrected chi connectivity index (χ0v) is 14.6. The van der Waals surface area contributed by atoms with Crippen LogP contribution in [-0.2, 0) is 13.1 Å². The van der Waals surface area contributed by atoms with E-state index in [2.05, 4.69) is 26.1 Å². The molecule has 0 unspecified atom stereocenters. The SMILES string of the molecule is O=c1cccnn1CCN1CCN(Cc2cnc(C3CC3)s2)CC1. The van der Waals surface area contributed by atoms with Crippen LogP contribution in [0.25, 0.3) is 0 Å². The molecule has 0 atom stereocenters. The molecule has 0 spiro atoms. The van der Waals surface area contributed by atoms with E-state index in [1.54, 1.807) is 23.0 Å². The third-order valence-corrected chi connectivity index (χ3v) is 5.90. The van der Waals surface area contributed by atoms with E-state index in [0.29, 0.717) is 6.54 Å². The molecule has 2 aromatic rings. The van der Waals surface area contributed by atoms with Crippen LogP contribution in [0.3, 0.4) is 0 Å². The summed E-state index contributed by atoms with van der Waals surface area (Å²) in [5.41, 5.74) is -0.0206. The second-order valence-electron chi connectivity index (χ2n) is 6.64. The first-order chi connectivity index (χ1) is 11.8. The Morgan fingerprint density at radius 1 is 1.12 bits per heavy atom. The van der Waals surface area contributed by atoms with Crippen LogP contribution in [-0.4, -0.2) is 57.3 Å². The summed E-state index contributed by atoms with van der Waals surface area (Å²) < 4.78 is 1.54. The van der Waals surface area contributed by atoms with Crippen molar-refractivity contribution in [2.24, 2.45) is 0 Å². The topological polar surface area (TPSA) is 54.3 Å². The predicted molar refractivity (Wildman–Crippen MR) is 94.3 cm³/mol. The fraction of sp³-hybridized carbons (Fsp3) is 0.588. The number of hydrogen-bond donors (Lipinski definition) is 0. The van der Waals surface area contributed by atoms with E-state index in [0.717, 1.165) is 45.2 Å². The first-order valence-corrected chi connectivity index (χ1v) is 9.51. The number of thiazole rings is 1. The van der Waals surface area contributed by atoms with Gasteiger partial charge in [0.05, 0.1) is 11.6 Å². The molecule has 1 aliphatic carbocycles. The Labute approximate surface area is 145 Å². The predicted octanol–water partition coefficient (Wildman–Crippen LogP) is 1.39. The van der Waals surface area contributed by atoms with E-state index < -0.39 is 0 Å². The highest BCUT2D eigenvalue weighted by Crippen LogP contribution is 2.41. The van der Waals surface area contributed by atoms with Gasteiger partial charge in [-0.15, -0.1) is 11.3 Å². The average molecular weight is 345 g/mol. The van der Waals surface area contributed by atoms with Crippen LogP contribution < -0.4 is 5.56 Å². The molecule has 0 N–H and O–H groups in total. The molecule has 0 radical (unpaired) electrons. The Bertz CT molecular complexity index is 730. The van der Waals surface area contributed by atoms with Crippen LogP contribution in [0.2, 0.25) is 0 Å². The first-order valence-electron chi connectivity index (χ1n) is 8.69. The number of rotatable bonds is 6. The van der Waals surface area contributed by atoms with Crippen molar-refractivity contribution in [3.8, 4) is 0 Å². The second kappa shape index (κ2) is 7.13. The normalized spacial score (nSPS) is 19.7. The molecule has 128 valence electrons. The largest absolute Gasteiger partial charge is 0.299 e. The fourth-order valence-electron chi connectivity index (χ4n) is 3.10. The standard InChI is InChI=1S/C17H23N5OS/c23-16-2-1-5-19-22(16)11-10-20-6-8-21(9-7-20)13-15-12-18-17(24-15)14-3-4-14/h1-2,5,12,14H,3-4,6-11,13H2. The van der Waals surface area contributed by atoms with Gasteiger partial charge in [-0.25, -0.2) is 9.67 Å². The number of piperazine rings is 1. The quantitative estimate of drug-likeness (QED) is 0.792. The molecule has 6 nitrogen and oxygen atoms in total. The van der Waals surface area contributed by atoms with Crippen molar-refractivity contribution in [3.63, 3.8) is 0 Å². The first kappa shape index (κ1) is 15.9. The minimum absolute atomic E-state index is 0.0206. The summed E-state index contributed by atoms with van der Waals surface area (Å²) in [4.78, 5) is 22.6. The third-order valence-electron chi connectivity index (χ3n) is 4.76. The van der Waals surface area contributed by atoms with Gasteiger partial charge in [-0.05, 0) is 18.9 Å². The van der Waals surface area contributed by atoms with Gasteiger partial charge in [0.15, 0.2) is 0 Å². The smallest absolute Gasteiger partial charge is 0.266 e. The van der Waals surface area contributed by atoms with Gasteiger partial charge in [-0.1, -0.05) is 0 Å². The molecule has 0 amide bonds. The van der Waals surface area contributed by atoms with E-state index in [1.807, 2.05) is 11.3 Å². The minimum atomic E-state index is -0.0206. The van der Waals surface area contributed by atoms with Crippen molar-refractivity contribution in [1.82, 2.24) is 24.6 Å². The van der Waals surface area contributed by atoms with Gasteiger partial charge in [0.1, 0.15) is 0 Å². The van der Waals surface area contributed by atoms with Crippen molar-refractivity contribution >= 4 is 11.3 Å². The minimum Gasteiger partial charge on any atom is -0.299 e. The van der Waals surface area contributed by atoms with Crippen LogP contribution in [0.5, 0.6) is 0 Å². The summed E-state index contributed by atoms with van der Waals surface area (Å²) in [6.45, 7) is 6.83. The molecule has 1 aliphatic heterocycles. The molecule has 2 fully saturated rings. The molecule has 24 heavy (non-hydrogen) atoms. The van der Waals surface area contributed by atoms with Crippen molar-refractivity contribution in [2.45, 2.75) is 31.8 Å². The van der Waals surface area contributed by atoms with E-state index in [1.165, 1.54) is 22.7 Å². The summed E-state index contributed by atoms with van der Waals surface area (Å²) >= 11 is 1.89. The van der Waals surface area contributed by atoms with Crippen LogP contribution in [0.4, 0.5) is 0 Å². The maximum Gasteiger partial charge on any atom is 0.266 e. The lowest BCUT2D eigenvalue weighted by Gasteiger charge is -2.34. The molecule has 0 aromatic carbocycles. The number of aromatic nitrogens is 3. The molecule has 1 saturated carbocycles. The zero-order chi connectivity index (χ0) is 16.4. The maximum absolute atomic E-state index is 11.7. The Balaban J connectivity index is 1.23. The third kappa shape index (κ3) is 3.91. The molecule has 3 heterocycles. The van der Waals surface area contributed by atoms with Crippen LogP contribution in [0, 0.1) is 0 Å². The van der Waals surface area contributed by atoms with Gasteiger partial charge in [-0.3, -0.25) is 14.6 Å². The van der Waals surface area contributed by atoms with Crippen LogP contribution in [0.1, 0.15) is 28.6 Å². The van der Waals surface area contributed by atoms with Crippen molar-refractivity contribution in [2.75, 3.05) is 32.7 Å². The van der Waals surface area contributed by atoms with Gasteiger partial charge >= 0.3 is 0 Å². The summed E-state index contributed by atoms with van der Waals surface area (Å²) in [6.07, 6.45) is 6.39. The number of nitrogens with zero attached hydrogens (tertiary/aromatic N) is 5. The van der Waals surface area contributed by atoms with Gasteiger partial charge in [0.25, 0.3) is 5.56 Å². The zero-order valence-electron chi connectivity index (χ0n) is 13.8. The molecule has 0 bridgehead atoms. The second-order valence-corrected chi connectivity index (χ2v) is 7.79. The Kier molecular flexibility index (Phi) is 4.73. The van der Waals surface area contributed by atoms with Crippen molar-refractivity contribution < 1.29 is 0 Å². The van der Waals surface area contributed by atoms with E-state index >= 15 is 0 Å². The van der Waals surface area contributed by atoms with Gasteiger partial charge in [-0.2, -0.15) is 5.10 Å². The van der Waals surface area contributed by atoms with Gasteiger partial charge in [0, 0.05) is 68.5 Å². The van der Waals surface area contributed by atoms with E-state index in [4.69, 9.17) is 0 Å². The highest BCUT2D eigenvalue weighted by Gasteiger charge is 2.27. The maximum atomic E-state index is 11.7. The molecular formula is C17H23N5OS. The molecule has 1 saturated heterocycles. The van der Waals surface area contributed by atoms with Gasteiger partial charge in [0.2, 0.25) is 0 Å². The summed E-state index contributed by atoms with van der Waals surface area (Å²) in [6, 6.07) is 3.25. The highest BCUT2D eigenvalue weighted by atomic mass is 32.1. The lowest BCUT2D eigenvalue weighted by molar-refractivity contribution is 0.123. The monoisotopic (exact) mass is 345 g/mol. The molecular weight excluding hydrogens is 322 g/mol. The summed E-state index contributed by atoms with van der Waals surface area (Å²) in [5.74, 6) is 0.760. The Morgan fingerprint density at radius 2 is 1.92 bits per heavy atom. The summed E-state index contributed by atoms with van der Waals surface area (Å²) in [7, 11) is 0. The lowest BCUT2D eigenvalue weighted by atomic mass is 10.3. The van der Waals surface area contributed by atoms with Crippen molar-refractivity contribution in [1.29, 1.82) is 0 Å². The van der Waals surface area contributed by atoms with Crippen LogP contribution in [0.15, 0.2) is 29.3 Å². The number of hydrogen-bond acceptors (Lipinski definition) is 6. The van der Waals surface area contributed by atoms with Crippen LogP contribution >= 0.6 is 11.3 Å². The summed E-state index contributed by atoms with van der Waals surface area (Å²) in [5, 5.41) is 5.45. The van der Waals surface area contributed by atoms with E-state index in [-0.39, 0.29) is 5.56 Å². The Morgan fingerprint density at radius 3 is 2.67 bits per heavy atom. The molecule has 2 aromatic heterocycles. The fourth-order valence-corrected chi connectivity index (χ4v) is 4.23. The highest BCUT2D eigenvalue weighted by molar-refractivity contribution is 7.11. The van der Waals surface area contributed by atoms with Gasteiger partial charge < -0.3 is 0 Å². The molecule has 4 rings (SSSR count). The molecule has 2 aliphatic rings.